The van der Waals surface area contributed by atoms with Crippen molar-refractivity contribution >= 4 is 28.4 Å². The lowest BCUT2D eigenvalue weighted by molar-refractivity contribution is -0.111. The highest BCUT2D eigenvalue weighted by molar-refractivity contribution is 6.63. The molecule has 0 aromatic heterocycles. The van der Waals surface area contributed by atoms with E-state index in [0.29, 0.717) is 6.42 Å². The summed E-state index contributed by atoms with van der Waals surface area (Å²) in [6.07, 6.45) is 5.94. The molecule has 0 radical (unpaired) electrons. The summed E-state index contributed by atoms with van der Waals surface area (Å²) in [6, 6.07) is 0. The molecule has 0 unspecified atom stereocenters. The molecule has 0 saturated heterocycles. The van der Waals surface area contributed by atoms with Crippen molar-refractivity contribution in [2.45, 2.75) is 38.5 Å². The van der Waals surface area contributed by atoms with Crippen molar-refractivity contribution in [1.82, 2.24) is 0 Å². The van der Waals surface area contributed by atoms with Crippen molar-refractivity contribution < 1.29 is 4.79 Å². The summed E-state index contributed by atoms with van der Waals surface area (Å²) in [5.74, 6) is 0.744. The molecular weight excluding hydrogens is 183 g/mol. The molecule has 0 aliphatic carbocycles. The smallest absolute Gasteiger partial charge is 0.221 e. The third kappa shape index (κ3) is 10.2. The van der Waals surface area contributed by atoms with Gasteiger partial charge < -0.3 is 0 Å². The zero-order chi connectivity index (χ0) is 8.53. The third-order valence-corrected chi connectivity index (χ3v) is 1.96. The van der Waals surface area contributed by atoms with Crippen molar-refractivity contribution in [3.63, 3.8) is 0 Å². The SMILES string of the molecule is O=C(Cl)CCCCCCCCl. The highest BCUT2D eigenvalue weighted by Crippen LogP contribution is 2.06. The van der Waals surface area contributed by atoms with Crippen LogP contribution in [0.1, 0.15) is 38.5 Å². The van der Waals surface area contributed by atoms with E-state index in [1.54, 1.807) is 0 Å². The third-order valence-electron chi connectivity index (χ3n) is 1.51. The molecule has 0 rings (SSSR count). The molecule has 0 bridgehead atoms. The van der Waals surface area contributed by atoms with E-state index >= 15 is 0 Å². The number of rotatable bonds is 7. The first-order valence-electron chi connectivity index (χ1n) is 4.01. The quantitative estimate of drug-likeness (QED) is 0.347. The first-order chi connectivity index (χ1) is 5.27. The van der Waals surface area contributed by atoms with Gasteiger partial charge in [0.2, 0.25) is 5.24 Å². The molecule has 0 saturated carbocycles. The van der Waals surface area contributed by atoms with Crippen molar-refractivity contribution in [3.8, 4) is 0 Å². The molecule has 0 N–H and O–H groups in total. The Labute approximate surface area is 78.1 Å². The van der Waals surface area contributed by atoms with Crippen LogP contribution in [0.25, 0.3) is 0 Å². The van der Waals surface area contributed by atoms with Crippen molar-refractivity contribution in [2.75, 3.05) is 5.88 Å². The number of hydrogen-bond donors (Lipinski definition) is 0. The predicted molar refractivity (Wildman–Crippen MR) is 49.3 cm³/mol. The second kappa shape index (κ2) is 8.35. The Hall–Kier alpha value is 0.250. The monoisotopic (exact) mass is 196 g/mol. The van der Waals surface area contributed by atoms with Gasteiger partial charge in [0.05, 0.1) is 0 Å². The van der Waals surface area contributed by atoms with Crippen LogP contribution in [-0.4, -0.2) is 11.1 Å². The summed E-state index contributed by atoms with van der Waals surface area (Å²) in [5, 5.41) is -0.220. The van der Waals surface area contributed by atoms with Crippen molar-refractivity contribution in [2.24, 2.45) is 0 Å². The lowest BCUT2D eigenvalue weighted by Gasteiger charge is -1.96. The number of halogens is 2. The van der Waals surface area contributed by atoms with Gasteiger partial charge in [-0.2, -0.15) is 0 Å². The van der Waals surface area contributed by atoms with Crippen LogP contribution in [-0.2, 0) is 4.79 Å². The molecule has 0 aromatic rings. The molecular formula is C8H14Cl2O. The summed E-state index contributed by atoms with van der Waals surface area (Å²) in [6.45, 7) is 0. The van der Waals surface area contributed by atoms with Gasteiger partial charge in [-0.05, 0) is 24.4 Å². The molecule has 3 heteroatoms. The Morgan fingerprint density at radius 3 is 2.09 bits per heavy atom. The summed E-state index contributed by atoms with van der Waals surface area (Å²) in [5.41, 5.74) is 0. The minimum atomic E-state index is -0.220. The lowest BCUT2D eigenvalue weighted by atomic mass is 10.1. The highest BCUT2D eigenvalue weighted by Gasteiger charge is 1.95. The van der Waals surface area contributed by atoms with Gasteiger partial charge in [-0.1, -0.05) is 19.3 Å². The first-order valence-corrected chi connectivity index (χ1v) is 4.93. The van der Waals surface area contributed by atoms with Crippen LogP contribution in [0.15, 0.2) is 0 Å². The summed E-state index contributed by atoms with van der Waals surface area (Å²) in [7, 11) is 0. The molecule has 0 atom stereocenters. The number of carbonyl (C=O) groups excluding carboxylic acids is 1. The first kappa shape index (κ1) is 11.2. The Morgan fingerprint density at radius 2 is 1.55 bits per heavy atom. The predicted octanol–water partition coefficient (Wildman–Crippen LogP) is 3.33. The fraction of sp³-hybridized carbons (Fsp3) is 0.875. The molecule has 0 heterocycles. The zero-order valence-corrected chi connectivity index (χ0v) is 8.13. The van der Waals surface area contributed by atoms with E-state index in [9.17, 15) is 4.79 Å². The van der Waals surface area contributed by atoms with E-state index in [0.717, 1.165) is 31.6 Å². The average molecular weight is 197 g/mol. The van der Waals surface area contributed by atoms with Gasteiger partial charge in [0.25, 0.3) is 0 Å². The van der Waals surface area contributed by atoms with Crippen molar-refractivity contribution in [1.29, 1.82) is 0 Å². The maximum Gasteiger partial charge on any atom is 0.221 e. The lowest BCUT2D eigenvalue weighted by Crippen LogP contribution is -1.86. The van der Waals surface area contributed by atoms with Gasteiger partial charge in [0, 0.05) is 12.3 Å². The normalized spacial score (nSPS) is 10.0. The largest absolute Gasteiger partial charge is 0.281 e. The molecule has 0 fully saturated rings. The van der Waals surface area contributed by atoms with Crippen LogP contribution in [0.5, 0.6) is 0 Å². The molecule has 0 spiro atoms. The van der Waals surface area contributed by atoms with E-state index in [2.05, 4.69) is 0 Å². The van der Waals surface area contributed by atoms with E-state index in [-0.39, 0.29) is 5.24 Å². The molecule has 0 aliphatic rings. The Bertz CT molecular complexity index is 104. The van der Waals surface area contributed by atoms with Gasteiger partial charge in [0.1, 0.15) is 0 Å². The summed E-state index contributed by atoms with van der Waals surface area (Å²) in [4.78, 5) is 10.3. The van der Waals surface area contributed by atoms with Crippen LogP contribution >= 0.6 is 23.2 Å². The molecule has 0 aromatic carbocycles. The molecule has 66 valence electrons. The number of hydrogen-bond acceptors (Lipinski definition) is 1. The minimum absolute atomic E-state index is 0.220. The standard InChI is InChI=1S/C8H14Cl2O/c9-7-5-3-1-2-4-6-8(10)11/h1-7H2. The Kier molecular flexibility index (Phi) is 8.54. The number of alkyl halides is 1. The van der Waals surface area contributed by atoms with Crippen molar-refractivity contribution in [3.05, 3.63) is 0 Å². The fourth-order valence-electron chi connectivity index (χ4n) is 0.889. The van der Waals surface area contributed by atoms with E-state index < -0.39 is 0 Å². The summed E-state index contributed by atoms with van der Waals surface area (Å²) >= 11 is 10.6. The minimum Gasteiger partial charge on any atom is -0.281 e. The molecule has 0 aliphatic heterocycles. The van der Waals surface area contributed by atoms with Gasteiger partial charge >= 0.3 is 0 Å². The van der Waals surface area contributed by atoms with Crippen LogP contribution in [0.2, 0.25) is 0 Å². The molecule has 11 heavy (non-hydrogen) atoms. The summed E-state index contributed by atoms with van der Waals surface area (Å²) < 4.78 is 0. The van der Waals surface area contributed by atoms with Crippen LogP contribution in [0, 0.1) is 0 Å². The van der Waals surface area contributed by atoms with Crippen LogP contribution in [0.4, 0.5) is 0 Å². The Morgan fingerprint density at radius 1 is 1.00 bits per heavy atom. The molecule has 0 amide bonds. The zero-order valence-electron chi connectivity index (χ0n) is 6.61. The highest BCUT2D eigenvalue weighted by atomic mass is 35.5. The van der Waals surface area contributed by atoms with E-state index in [4.69, 9.17) is 23.2 Å². The van der Waals surface area contributed by atoms with E-state index in [1.807, 2.05) is 0 Å². The number of carbonyl (C=O) groups is 1. The maximum absolute atomic E-state index is 10.3. The second-order valence-electron chi connectivity index (χ2n) is 2.56. The van der Waals surface area contributed by atoms with E-state index in [1.165, 1.54) is 6.42 Å². The van der Waals surface area contributed by atoms with Crippen LogP contribution in [0.3, 0.4) is 0 Å². The molecule has 1 nitrogen and oxygen atoms in total. The fourth-order valence-corrected chi connectivity index (χ4v) is 1.21. The number of unbranched alkanes of at least 4 members (excludes halogenated alkanes) is 4. The Balaban J connectivity index is 2.85. The van der Waals surface area contributed by atoms with Crippen LogP contribution < -0.4 is 0 Å². The average Bonchev–Trinajstić information content (AvgIpc) is 1.96. The maximum atomic E-state index is 10.3. The van der Waals surface area contributed by atoms with Gasteiger partial charge in [-0.3, -0.25) is 4.79 Å². The van der Waals surface area contributed by atoms with Gasteiger partial charge in [-0.25, -0.2) is 0 Å². The van der Waals surface area contributed by atoms with Gasteiger partial charge in [-0.15, -0.1) is 11.6 Å². The van der Waals surface area contributed by atoms with Gasteiger partial charge in [0.15, 0.2) is 0 Å². The topological polar surface area (TPSA) is 17.1 Å². The second-order valence-corrected chi connectivity index (χ2v) is 3.36.